The lowest BCUT2D eigenvalue weighted by molar-refractivity contribution is -0.157. The van der Waals surface area contributed by atoms with Gasteiger partial charge >= 0.3 is 17.7 Å². The number of carboxylic acids is 1. The summed E-state index contributed by atoms with van der Waals surface area (Å²) in [7, 11) is 0. The highest BCUT2D eigenvalue weighted by atomic mass is 16.5. The molecule has 0 saturated carbocycles. The Morgan fingerprint density at radius 1 is 1.20 bits per heavy atom. The molecule has 0 bridgehead atoms. The van der Waals surface area contributed by atoms with Crippen molar-refractivity contribution < 1.29 is 24.2 Å². The minimum absolute atomic E-state index is 0.178. The van der Waals surface area contributed by atoms with Gasteiger partial charge in [0.05, 0.1) is 0 Å². The van der Waals surface area contributed by atoms with Crippen LogP contribution in [0.2, 0.25) is 0 Å². The van der Waals surface area contributed by atoms with E-state index in [-0.39, 0.29) is 5.75 Å². The third kappa shape index (κ3) is 2.63. The molecule has 0 unspecified atom stereocenters. The number of para-hydroxylation sites is 1. The molecular weight excluding hydrogens is 200 g/mol. The molecule has 0 aliphatic rings. The topological polar surface area (TPSA) is 80.7 Å². The van der Waals surface area contributed by atoms with Crippen LogP contribution in [-0.4, -0.2) is 22.8 Å². The third-order valence-corrected chi connectivity index (χ3v) is 1.68. The van der Waals surface area contributed by atoms with Gasteiger partial charge in [0.25, 0.3) is 0 Å². The van der Waals surface area contributed by atoms with Crippen LogP contribution in [0.4, 0.5) is 0 Å². The molecule has 0 atom stereocenters. The second-order valence-electron chi connectivity index (χ2n) is 2.79. The van der Waals surface area contributed by atoms with Gasteiger partial charge in [-0.15, -0.1) is 0 Å². The molecule has 15 heavy (non-hydrogen) atoms. The number of aryl methyl sites for hydroxylation is 1. The van der Waals surface area contributed by atoms with E-state index in [2.05, 4.69) is 4.74 Å². The van der Waals surface area contributed by atoms with Crippen LogP contribution in [0.15, 0.2) is 24.3 Å². The quantitative estimate of drug-likeness (QED) is 0.339. The van der Waals surface area contributed by atoms with Crippen molar-refractivity contribution in [1.29, 1.82) is 0 Å². The zero-order valence-electron chi connectivity index (χ0n) is 7.89. The molecule has 0 saturated heterocycles. The van der Waals surface area contributed by atoms with Crippen molar-refractivity contribution in [2.24, 2.45) is 0 Å². The van der Waals surface area contributed by atoms with Crippen molar-refractivity contribution >= 4 is 17.7 Å². The Morgan fingerprint density at radius 3 is 2.33 bits per heavy atom. The highest BCUT2D eigenvalue weighted by Gasteiger charge is 2.24. The van der Waals surface area contributed by atoms with Crippen molar-refractivity contribution in [3.63, 3.8) is 0 Å². The number of carboxylic acid groups (broad SMARTS) is 1. The molecule has 0 fully saturated rings. The molecule has 0 amide bonds. The predicted octanol–water partition coefficient (Wildman–Crippen LogP) is 0.554. The molecule has 0 heterocycles. The molecule has 0 aromatic heterocycles. The number of benzene rings is 1. The summed E-state index contributed by atoms with van der Waals surface area (Å²) in [5.41, 5.74) is 0.643. The van der Waals surface area contributed by atoms with E-state index in [0.717, 1.165) is 0 Å². The van der Waals surface area contributed by atoms with Gasteiger partial charge in [-0.05, 0) is 18.6 Å². The number of carbonyl (C=O) groups is 3. The molecular formula is C10H8O5. The number of esters is 1. The molecule has 1 aromatic rings. The van der Waals surface area contributed by atoms with E-state index in [0.29, 0.717) is 5.56 Å². The normalized spacial score (nSPS) is 9.40. The summed E-state index contributed by atoms with van der Waals surface area (Å²) >= 11 is 0. The van der Waals surface area contributed by atoms with Crippen LogP contribution in [0.25, 0.3) is 0 Å². The minimum Gasteiger partial charge on any atom is -0.475 e. The van der Waals surface area contributed by atoms with Crippen molar-refractivity contribution in [2.75, 3.05) is 0 Å². The standard InChI is InChI=1S/C10H8O5/c1-6-4-2-3-5-7(6)15-10(14)8(11)9(12)13/h2-5H,1H3,(H,12,13). The Morgan fingerprint density at radius 2 is 1.80 bits per heavy atom. The van der Waals surface area contributed by atoms with Gasteiger partial charge in [0.15, 0.2) is 0 Å². The Balaban J connectivity index is 2.80. The molecule has 78 valence electrons. The molecule has 1 aromatic carbocycles. The summed E-state index contributed by atoms with van der Waals surface area (Å²) in [5.74, 6) is -4.62. The van der Waals surface area contributed by atoms with Crippen LogP contribution in [0.1, 0.15) is 5.56 Å². The first-order chi connectivity index (χ1) is 7.02. The number of ether oxygens (including phenoxy) is 1. The second kappa shape index (κ2) is 4.36. The van der Waals surface area contributed by atoms with Gasteiger partial charge < -0.3 is 9.84 Å². The Bertz CT molecular complexity index is 422. The van der Waals surface area contributed by atoms with Crippen LogP contribution in [-0.2, 0) is 14.4 Å². The summed E-state index contributed by atoms with van der Waals surface area (Å²) in [5, 5.41) is 8.25. The van der Waals surface area contributed by atoms with Gasteiger partial charge in [-0.3, -0.25) is 4.79 Å². The van der Waals surface area contributed by atoms with Gasteiger partial charge in [-0.1, -0.05) is 18.2 Å². The van der Waals surface area contributed by atoms with Crippen LogP contribution in [0.5, 0.6) is 5.75 Å². The largest absolute Gasteiger partial charge is 0.475 e. The number of carbonyl (C=O) groups excluding carboxylic acids is 2. The fourth-order valence-corrected chi connectivity index (χ4v) is 0.904. The van der Waals surface area contributed by atoms with E-state index in [4.69, 9.17) is 5.11 Å². The van der Waals surface area contributed by atoms with Gasteiger partial charge in [-0.25, -0.2) is 9.59 Å². The second-order valence-corrected chi connectivity index (χ2v) is 2.79. The van der Waals surface area contributed by atoms with E-state index in [1.165, 1.54) is 6.07 Å². The van der Waals surface area contributed by atoms with Gasteiger partial charge in [-0.2, -0.15) is 0 Å². The summed E-state index contributed by atoms with van der Waals surface area (Å²) < 4.78 is 4.60. The summed E-state index contributed by atoms with van der Waals surface area (Å²) in [6, 6.07) is 6.49. The molecule has 0 aliphatic heterocycles. The molecule has 1 rings (SSSR count). The van der Waals surface area contributed by atoms with E-state index in [1.807, 2.05) is 0 Å². The highest BCUT2D eigenvalue weighted by molar-refractivity contribution is 6.60. The zero-order chi connectivity index (χ0) is 11.4. The Kier molecular flexibility index (Phi) is 3.17. The predicted molar refractivity (Wildman–Crippen MR) is 49.5 cm³/mol. The van der Waals surface area contributed by atoms with Crippen LogP contribution >= 0.6 is 0 Å². The minimum atomic E-state index is -1.83. The smallest absolute Gasteiger partial charge is 0.392 e. The first-order valence-corrected chi connectivity index (χ1v) is 4.07. The van der Waals surface area contributed by atoms with Crippen molar-refractivity contribution in [3.05, 3.63) is 29.8 Å². The molecule has 5 heteroatoms. The average molecular weight is 208 g/mol. The number of Topliss-reactive ketones (excluding diaryl/α,β-unsaturated/α-hetero) is 1. The van der Waals surface area contributed by atoms with Crippen molar-refractivity contribution in [3.8, 4) is 5.75 Å². The fourth-order valence-electron chi connectivity index (χ4n) is 0.904. The summed E-state index contributed by atoms with van der Waals surface area (Å²) in [4.78, 5) is 31.8. The van der Waals surface area contributed by atoms with E-state index < -0.39 is 17.7 Å². The monoisotopic (exact) mass is 208 g/mol. The number of hydrogen-bond acceptors (Lipinski definition) is 4. The summed E-state index contributed by atoms with van der Waals surface area (Å²) in [6.45, 7) is 1.67. The maximum Gasteiger partial charge on any atom is 0.392 e. The van der Waals surface area contributed by atoms with E-state index in [9.17, 15) is 14.4 Å². The van der Waals surface area contributed by atoms with Crippen molar-refractivity contribution in [1.82, 2.24) is 0 Å². The Labute approximate surface area is 85.3 Å². The number of ketones is 1. The maximum atomic E-state index is 11.0. The number of aliphatic carboxylic acids is 1. The molecule has 0 aliphatic carbocycles. The van der Waals surface area contributed by atoms with Crippen LogP contribution < -0.4 is 4.74 Å². The third-order valence-electron chi connectivity index (χ3n) is 1.68. The van der Waals surface area contributed by atoms with Crippen LogP contribution in [0.3, 0.4) is 0 Å². The lowest BCUT2D eigenvalue weighted by Gasteiger charge is -2.04. The molecule has 5 nitrogen and oxygen atoms in total. The summed E-state index contributed by atoms with van der Waals surface area (Å²) in [6.07, 6.45) is 0. The maximum absolute atomic E-state index is 11.0. The van der Waals surface area contributed by atoms with E-state index >= 15 is 0 Å². The SMILES string of the molecule is Cc1ccccc1OC(=O)C(=O)C(=O)O. The first-order valence-electron chi connectivity index (χ1n) is 4.07. The fraction of sp³-hybridized carbons (Fsp3) is 0.100. The van der Waals surface area contributed by atoms with Gasteiger partial charge in [0, 0.05) is 0 Å². The molecule has 0 spiro atoms. The number of hydrogen-bond donors (Lipinski definition) is 1. The van der Waals surface area contributed by atoms with Crippen molar-refractivity contribution in [2.45, 2.75) is 6.92 Å². The molecule has 0 radical (unpaired) electrons. The van der Waals surface area contributed by atoms with Gasteiger partial charge in [0.2, 0.25) is 0 Å². The Hall–Kier alpha value is -2.17. The zero-order valence-corrected chi connectivity index (χ0v) is 7.89. The van der Waals surface area contributed by atoms with Gasteiger partial charge in [0.1, 0.15) is 5.75 Å². The lowest BCUT2D eigenvalue weighted by atomic mass is 10.2. The highest BCUT2D eigenvalue weighted by Crippen LogP contribution is 2.16. The lowest BCUT2D eigenvalue weighted by Crippen LogP contribution is -2.27. The average Bonchev–Trinajstić information content (AvgIpc) is 2.20. The number of rotatable bonds is 3. The van der Waals surface area contributed by atoms with Crippen LogP contribution in [0, 0.1) is 6.92 Å². The first kappa shape index (κ1) is 10.9. The van der Waals surface area contributed by atoms with E-state index in [1.54, 1.807) is 25.1 Å². The molecule has 1 N–H and O–H groups in total.